The highest BCUT2D eigenvalue weighted by molar-refractivity contribution is 7.19. The van der Waals surface area contributed by atoms with Crippen LogP contribution in [0.25, 0.3) is 0 Å². The number of carbonyl (C=O) groups is 4. The lowest BCUT2D eigenvalue weighted by Gasteiger charge is -2.07. The number of carbonyl (C=O) groups excluding carboxylic acids is 4. The molecule has 8 nitrogen and oxygen atoms in total. The Kier molecular flexibility index (Phi) is 7.60. The maximum absolute atomic E-state index is 12.7. The normalized spacial score (nSPS) is 10.2. The number of benzene rings is 1. The molecule has 2 aromatic rings. The van der Waals surface area contributed by atoms with Gasteiger partial charge < -0.3 is 20.1 Å². The smallest absolute Gasteiger partial charge is 0.397 e. The van der Waals surface area contributed by atoms with E-state index in [1.165, 1.54) is 19.1 Å². The van der Waals surface area contributed by atoms with Crippen molar-refractivity contribution in [1.29, 1.82) is 0 Å². The molecule has 0 aliphatic rings. The molecule has 0 unspecified atom stereocenters. The average Bonchev–Trinajstić information content (AvgIpc) is 3.00. The summed E-state index contributed by atoms with van der Waals surface area (Å²) in [5, 5.41) is 5.50. The molecule has 11 heteroatoms. The van der Waals surface area contributed by atoms with Gasteiger partial charge in [0.25, 0.3) is 5.91 Å². The fraction of sp³-hybridized carbons (Fsp3) is 0.222. The van der Waals surface area contributed by atoms with Gasteiger partial charge >= 0.3 is 17.8 Å². The maximum atomic E-state index is 12.7. The second-order valence-electron chi connectivity index (χ2n) is 5.50. The minimum Gasteiger partial charge on any atom is -0.465 e. The first-order chi connectivity index (χ1) is 13.7. The van der Waals surface area contributed by atoms with Crippen LogP contribution in [-0.2, 0) is 19.1 Å². The second kappa shape index (κ2) is 9.73. The molecule has 2 rings (SSSR count). The van der Waals surface area contributed by atoms with Crippen molar-refractivity contribution in [3.8, 4) is 0 Å². The molecule has 0 spiro atoms. The van der Waals surface area contributed by atoms with Crippen LogP contribution in [0.5, 0.6) is 0 Å². The zero-order valence-corrected chi connectivity index (χ0v) is 17.9. The van der Waals surface area contributed by atoms with Crippen molar-refractivity contribution in [3.05, 3.63) is 44.2 Å². The molecule has 0 aliphatic carbocycles. The summed E-state index contributed by atoms with van der Waals surface area (Å²) >= 11 is 12.8. The minimum absolute atomic E-state index is 0.00757. The van der Waals surface area contributed by atoms with Crippen molar-refractivity contribution in [2.45, 2.75) is 13.8 Å². The van der Waals surface area contributed by atoms with Crippen molar-refractivity contribution in [1.82, 2.24) is 0 Å². The zero-order chi connectivity index (χ0) is 21.7. The summed E-state index contributed by atoms with van der Waals surface area (Å²) in [6.45, 7) is 3.06. The number of methoxy groups -OCH3 is 1. The summed E-state index contributed by atoms with van der Waals surface area (Å²) in [6, 6.07) is 4.55. The number of esters is 2. The van der Waals surface area contributed by atoms with E-state index in [4.69, 9.17) is 27.9 Å². The molecule has 0 saturated heterocycles. The first-order valence-corrected chi connectivity index (χ1v) is 9.73. The van der Waals surface area contributed by atoms with Gasteiger partial charge in [0.05, 0.1) is 34.9 Å². The Morgan fingerprint density at radius 1 is 1.14 bits per heavy atom. The summed E-state index contributed by atoms with van der Waals surface area (Å²) in [4.78, 5) is 48.6. The topological polar surface area (TPSA) is 111 Å². The molecule has 2 amide bonds. The first kappa shape index (κ1) is 22.7. The van der Waals surface area contributed by atoms with Crippen LogP contribution in [0, 0.1) is 6.92 Å². The van der Waals surface area contributed by atoms with Crippen LogP contribution in [0.4, 0.5) is 10.7 Å². The quantitative estimate of drug-likeness (QED) is 0.518. The van der Waals surface area contributed by atoms with Crippen LogP contribution in [-0.4, -0.2) is 37.5 Å². The lowest BCUT2D eigenvalue weighted by molar-refractivity contribution is -0.152. The van der Waals surface area contributed by atoms with Crippen LogP contribution in [0.3, 0.4) is 0 Å². The number of rotatable bonds is 5. The van der Waals surface area contributed by atoms with Crippen LogP contribution < -0.4 is 10.6 Å². The van der Waals surface area contributed by atoms with Crippen LogP contribution in [0.15, 0.2) is 18.2 Å². The van der Waals surface area contributed by atoms with Gasteiger partial charge in [-0.2, -0.15) is 0 Å². The SMILES string of the molecule is CCOC(=O)C(=O)Nc1sc(C(=O)Nc2cc(Cl)ccc2Cl)c(C)c1C(=O)OC. The van der Waals surface area contributed by atoms with E-state index in [0.717, 1.165) is 18.4 Å². The number of ether oxygens (including phenoxy) is 2. The highest BCUT2D eigenvalue weighted by Gasteiger charge is 2.28. The van der Waals surface area contributed by atoms with E-state index in [1.54, 1.807) is 13.0 Å². The Labute approximate surface area is 180 Å². The third kappa shape index (κ3) is 5.26. The Morgan fingerprint density at radius 3 is 2.45 bits per heavy atom. The van der Waals surface area contributed by atoms with E-state index in [-0.39, 0.29) is 38.3 Å². The molecule has 0 atom stereocenters. The number of amides is 2. The van der Waals surface area contributed by atoms with E-state index >= 15 is 0 Å². The van der Waals surface area contributed by atoms with E-state index in [1.807, 2.05) is 0 Å². The predicted molar refractivity (Wildman–Crippen MR) is 110 cm³/mol. The lowest BCUT2D eigenvalue weighted by atomic mass is 10.1. The van der Waals surface area contributed by atoms with Gasteiger partial charge in [-0.15, -0.1) is 11.3 Å². The highest BCUT2D eigenvalue weighted by Crippen LogP contribution is 2.35. The van der Waals surface area contributed by atoms with Crippen LogP contribution in [0.2, 0.25) is 10.0 Å². The fourth-order valence-corrected chi connectivity index (χ4v) is 3.71. The minimum atomic E-state index is -1.12. The number of hydrogen-bond donors (Lipinski definition) is 2. The molecular weight excluding hydrogens is 443 g/mol. The van der Waals surface area contributed by atoms with Crippen molar-refractivity contribution >= 4 is 69.0 Å². The van der Waals surface area contributed by atoms with Gasteiger partial charge in [0.15, 0.2) is 0 Å². The Morgan fingerprint density at radius 2 is 1.83 bits per heavy atom. The van der Waals surface area contributed by atoms with Crippen molar-refractivity contribution in [2.75, 3.05) is 24.4 Å². The summed E-state index contributed by atoms with van der Waals surface area (Å²) in [5.74, 6) is -3.56. The Bertz CT molecular complexity index is 989. The zero-order valence-electron chi connectivity index (χ0n) is 15.6. The van der Waals surface area contributed by atoms with Crippen molar-refractivity contribution in [2.24, 2.45) is 0 Å². The van der Waals surface area contributed by atoms with Gasteiger partial charge in [0.2, 0.25) is 0 Å². The second-order valence-corrected chi connectivity index (χ2v) is 7.37. The molecule has 0 bridgehead atoms. The third-order valence-electron chi connectivity index (χ3n) is 3.61. The molecule has 0 fully saturated rings. The van der Waals surface area contributed by atoms with E-state index < -0.39 is 23.8 Å². The van der Waals surface area contributed by atoms with Gasteiger partial charge in [-0.1, -0.05) is 23.2 Å². The highest BCUT2D eigenvalue weighted by atomic mass is 35.5. The number of nitrogens with one attached hydrogen (secondary N) is 2. The van der Waals surface area contributed by atoms with Gasteiger partial charge in [-0.05, 0) is 37.6 Å². The number of anilines is 2. The van der Waals surface area contributed by atoms with E-state index in [9.17, 15) is 19.2 Å². The molecule has 1 aromatic carbocycles. The molecule has 2 N–H and O–H groups in total. The lowest BCUT2D eigenvalue weighted by Crippen LogP contribution is -2.25. The molecule has 1 heterocycles. The predicted octanol–water partition coefficient (Wildman–Crippen LogP) is 3.90. The molecule has 0 aliphatic heterocycles. The Balaban J connectivity index is 2.39. The van der Waals surface area contributed by atoms with Gasteiger partial charge in [0, 0.05) is 5.02 Å². The molecule has 0 radical (unpaired) electrons. The van der Waals surface area contributed by atoms with E-state index in [0.29, 0.717) is 5.02 Å². The molecule has 29 heavy (non-hydrogen) atoms. The largest absolute Gasteiger partial charge is 0.465 e. The monoisotopic (exact) mass is 458 g/mol. The number of hydrogen-bond acceptors (Lipinski definition) is 7. The molecule has 0 saturated carbocycles. The van der Waals surface area contributed by atoms with Crippen LogP contribution >= 0.6 is 34.5 Å². The number of thiophene rings is 1. The average molecular weight is 459 g/mol. The summed E-state index contributed by atoms with van der Waals surface area (Å²) in [6.07, 6.45) is 0. The van der Waals surface area contributed by atoms with Crippen molar-refractivity contribution in [3.63, 3.8) is 0 Å². The van der Waals surface area contributed by atoms with Crippen molar-refractivity contribution < 1.29 is 28.7 Å². The third-order valence-corrected chi connectivity index (χ3v) is 5.38. The molecule has 1 aromatic heterocycles. The van der Waals surface area contributed by atoms with Gasteiger partial charge in [0.1, 0.15) is 5.00 Å². The first-order valence-electron chi connectivity index (χ1n) is 8.15. The Hall–Kier alpha value is -2.62. The summed E-state index contributed by atoms with van der Waals surface area (Å²) in [5.41, 5.74) is 0.489. The van der Waals surface area contributed by atoms with E-state index in [2.05, 4.69) is 15.4 Å². The summed E-state index contributed by atoms with van der Waals surface area (Å²) in [7, 11) is 1.15. The van der Waals surface area contributed by atoms with Crippen LogP contribution in [0.1, 0.15) is 32.5 Å². The maximum Gasteiger partial charge on any atom is 0.397 e. The molecular formula is C18H16Cl2N2O6S. The fourth-order valence-electron chi connectivity index (χ4n) is 2.29. The van der Waals surface area contributed by atoms with Gasteiger partial charge in [-0.25, -0.2) is 9.59 Å². The molecule has 154 valence electrons. The number of halogens is 2. The van der Waals surface area contributed by atoms with Gasteiger partial charge in [-0.3, -0.25) is 9.59 Å². The summed E-state index contributed by atoms with van der Waals surface area (Å²) < 4.78 is 9.34. The standard InChI is InChI=1S/C18H16Cl2N2O6S/c1-4-28-18(26)15(24)22-16-12(17(25)27-3)8(2)13(29-16)14(23)21-11-7-9(19)5-6-10(11)20/h5-7H,4H2,1-3H3,(H,21,23)(H,22,24).